The zero-order valence-corrected chi connectivity index (χ0v) is 17.8. The van der Waals surface area contributed by atoms with Gasteiger partial charge in [0.1, 0.15) is 0 Å². The molecule has 1 aromatic rings. The van der Waals surface area contributed by atoms with Crippen LogP contribution in [0.2, 0.25) is 0 Å². The zero-order valence-electron chi connectivity index (χ0n) is 17.8. The zero-order chi connectivity index (χ0) is 19.4. The number of carbonyl (C=O) groups is 1. The minimum absolute atomic E-state index is 0.0661. The fourth-order valence-corrected chi connectivity index (χ4v) is 7.61. The second-order valence-corrected chi connectivity index (χ2v) is 10.4. The van der Waals surface area contributed by atoms with Gasteiger partial charge in [0.05, 0.1) is 6.04 Å². The second kappa shape index (κ2) is 7.16. The van der Waals surface area contributed by atoms with Crippen LogP contribution in [-0.2, 0) is 4.79 Å². The molecule has 0 unspecified atom stereocenters. The SMILES string of the molecule is Cc1cc(C)c(NC(=O)[C@@H]2CCCCN2C2C3CC4CC(C3)CC2C4)c(C)c1. The van der Waals surface area contributed by atoms with Crippen molar-refractivity contribution in [2.75, 3.05) is 11.9 Å². The van der Waals surface area contributed by atoms with Crippen molar-refractivity contribution in [2.24, 2.45) is 23.7 Å². The summed E-state index contributed by atoms with van der Waals surface area (Å²) in [5, 5.41) is 3.35. The Labute approximate surface area is 170 Å². The maximum Gasteiger partial charge on any atom is 0.241 e. The number of likely N-dealkylation sites (tertiary alicyclic amines) is 1. The van der Waals surface area contributed by atoms with Crippen LogP contribution in [0.3, 0.4) is 0 Å². The Morgan fingerprint density at radius 2 is 1.54 bits per heavy atom. The molecule has 1 heterocycles. The number of aryl methyl sites for hydroxylation is 3. The van der Waals surface area contributed by atoms with Gasteiger partial charge in [0.2, 0.25) is 5.91 Å². The summed E-state index contributed by atoms with van der Waals surface area (Å²) < 4.78 is 0. The van der Waals surface area contributed by atoms with Gasteiger partial charge in [-0.2, -0.15) is 0 Å². The Morgan fingerprint density at radius 1 is 0.929 bits per heavy atom. The summed E-state index contributed by atoms with van der Waals surface area (Å²) in [6, 6.07) is 5.10. The largest absolute Gasteiger partial charge is 0.324 e. The van der Waals surface area contributed by atoms with Gasteiger partial charge in [-0.15, -0.1) is 0 Å². The fraction of sp³-hybridized carbons (Fsp3) is 0.720. The summed E-state index contributed by atoms with van der Waals surface area (Å²) in [7, 11) is 0. The molecule has 1 saturated heterocycles. The minimum Gasteiger partial charge on any atom is -0.324 e. The average molecular weight is 381 g/mol. The molecule has 5 fully saturated rings. The number of carbonyl (C=O) groups excluding carboxylic acids is 1. The van der Waals surface area contributed by atoms with Gasteiger partial charge in [-0.05, 0) is 107 Å². The van der Waals surface area contributed by atoms with Crippen molar-refractivity contribution in [3.05, 3.63) is 28.8 Å². The van der Waals surface area contributed by atoms with Gasteiger partial charge in [-0.25, -0.2) is 0 Å². The van der Waals surface area contributed by atoms with Crippen molar-refractivity contribution in [1.29, 1.82) is 0 Å². The molecule has 4 aliphatic carbocycles. The fourth-order valence-electron chi connectivity index (χ4n) is 7.61. The lowest BCUT2D eigenvalue weighted by Crippen LogP contribution is -2.61. The van der Waals surface area contributed by atoms with Gasteiger partial charge in [-0.3, -0.25) is 9.69 Å². The lowest BCUT2D eigenvalue weighted by molar-refractivity contribution is -0.131. The average Bonchev–Trinajstić information content (AvgIpc) is 2.64. The smallest absolute Gasteiger partial charge is 0.241 e. The highest BCUT2D eigenvalue weighted by Crippen LogP contribution is 2.55. The lowest BCUT2D eigenvalue weighted by atomic mass is 9.53. The maximum absolute atomic E-state index is 13.4. The first-order chi connectivity index (χ1) is 13.5. The van der Waals surface area contributed by atoms with Crippen LogP contribution in [0.4, 0.5) is 5.69 Å². The van der Waals surface area contributed by atoms with Crippen molar-refractivity contribution < 1.29 is 4.79 Å². The second-order valence-electron chi connectivity index (χ2n) is 10.4. The third kappa shape index (κ3) is 3.20. The Balaban J connectivity index is 1.37. The molecule has 0 radical (unpaired) electrons. The third-order valence-corrected chi connectivity index (χ3v) is 8.33. The third-order valence-electron chi connectivity index (χ3n) is 8.33. The van der Waals surface area contributed by atoms with Crippen LogP contribution < -0.4 is 5.32 Å². The number of nitrogens with zero attached hydrogens (tertiary/aromatic N) is 1. The van der Waals surface area contributed by atoms with E-state index in [1.807, 2.05) is 0 Å². The normalized spacial score (nSPS) is 37.2. The number of nitrogens with one attached hydrogen (secondary N) is 1. The molecule has 0 spiro atoms. The van der Waals surface area contributed by atoms with Crippen LogP contribution in [0.1, 0.15) is 68.1 Å². The molecular weight excluding hydrogens is 344 g/mol. The monoisotopic (exact) mass is 380 g/mol. The molecule has 1 atom stereocenters. The van der Waals surface area contributed by atoms with Crippen LogP contribution in [0.25, 0.3) is 0 Å². The standard InChI is InChI=1S/C25H36N2O/c1-15-8-16(2)23(17(3)9-15)26-25(28)22-6-4-5-7-27(22)24-20-11-18-10-19(13-20)14-21(24)12-18/h8-9,18-22,24H,4-7,10-14H2,1-3H3,(H,26,28)/t18?,19?,20?,21?,22-,24?/m0/s1. The first-order valence-electron chi connectivity index (χ1n) is 11.6. The van der Waals surface area contributed by atoms with E-state index in [1.54, 1.807) is 0 Å². The van der Waals surface area contributed by atoms with Crippen molar-refractivity contribution >= 4 is 11.6 Å². The summed E-state index contributed by atoms with van der Waals surface area (Å²) in [5.41, 5.74) is 4.66. The van der Waals surface area contributed by atoms with E-state index in [1.165, 1.54) is 61.6 Å². The van der Waals surface area contributed by atoms with Gasteiger partial charge in [-0.1, -0.05) is 24.1 Å². The lowest BCUT2D eigenvalue weighted by Gasteiger charge is -2.59. The van der Waals surface area contributed by atoms with Crippen LogP contribution in [-0.4, -0.2) is 29.4 Å². The molecule has 1 aliphatic heterocycles. The summed E-state index contributed by atoms with van der Waals surface area (Å²) in [6.45, 7) is 7.48. The number of hydrogen-bond acceptors (Lipinski definition) is 2. The van der Waals surface area contributed by atoms with Crippen LogP contribution in [0, 0.1) is 44.4 Å². The van der Waals surface area contributed by atoms with Gasteiger partial charge in [0.25, 0.3) is 0 Å². The summed E-state index contributed by atoms with van der Waals surface area (Å²) in [6.07, 6.45) is 10.7. The number of amides is 1. The molecule has 1 N–H and O–H groups in total. The summed E-state index contributed by atoms with van der Waals surface area (Å²) in [4.78, 5) is 16.1. The molecular formula is C25H36N2O. The number of benzene rings is 1. The van der Waals surface area contributed by atoms with Crippen molar-refractivity contribution in [2.45, 2.75) is 84.2 Å². The Kier molecular flexibility index (Phi) is 4.77. The predicted octanol–water partition coefficient (Wildman–Crippen LogP) is 5.23. The molecule has 28 heavy (non-hydrogen) atoms. The van der Waals surface area contributed by atoms with Gasteiger partial charge in [0, 0.05) is 11.7 Å². The molecule has 5 aliphatic rings. The van der Waals surface area contributed by atoms with Crippen molar-refractivity contribution in [1.82, 2.24) is 4.90 Å². The number of rotatable bonds is 3. The van der Waals surface area contributed by atoms with E-state index in [2.05, 4.69) is 43.1 Å². The Morgan fingerprint density at radius 3 is 2.14 bits per heavy atom. The molecule has 4 saturated carbocycles. The molecule has 152 valence electrons. The van der Waals surface area contributed by atoms with Crippen LogP contribution in [0.15, 0.2) is 12.1 Å². The van der Waals surface area contributed by atoms with E-state index in [0.29, 0.717) is 6.04 Å². The highest BCUT2D eigenvalue weighted by molar-refractivity contribution is 5.96. The van der Waals surface area contributed by atoms with Crippen LogP contribution in [0.5, 0.6) is 0 Å². The maximum atomic E-state index is 13.4. The molecule has 6 rings (SSSR count). The quantitative estimate of drug-likeness (QED) is 0.779. The van der Waals surface area contributed by atoms with E-state index in [9.17, 15) is 4.79 Å². The van der Waals surface area contributed by atoms with E-state index in [-0.39, 0.29) is 11.9 Å². The number of piperidine rings is 1. The molecule has 1 amide bonds. The van der Waals surface area contributed by atoms with E-state index < -0.39 is 0 Å². The van der Waals surface area contributed by atoms with Crippen molar-refractivity contribution in [3.8, 4) is 0 Å². The summed E-state index contributed by atoms with van der Waals surface area (Å²) in [5.74, 6) is 3.94. The molecule has 3 heteroatoms. The molecule has 4 bridgehead atoms. The number of anilines is 1. The molecule has 3 nitrogen and oxygen atoms in total. The molecule has 0 aromatic heterocycles. The van der Waals surface area contributed by atoms with Crippen LogP contribution >= 0.6 is 0 Å². The minimum atomic E-state index is 0.0661. The van der Waals surface area contributed by atoms with Crippen molar-refractivity contribution in [3.63, 3.8) is 0 Å². The van der Waals surface area contributed by atoms with E-state index >= 15 is 0 Å². The highest BCUT2D eigenvalue weighted by Gasteiger charge is 2.51. The van der Waals surface area contributed by atoms with Gasteiger partial charge in [0.15, 0.2) is 0 Å². The first-order valence-corrected chi connectivity index (χ1v) is 11.6. The first kappa shape index (κ1) is 18.7. The van der Waals surface area contributed by atoms with Gasteiger partial charge >= 0.3 is 0 Å². The van der Waals surface area contributed by atoms with Gasteiger partial charge < -0.3 is 5.32 Å². The number of hydrogen-bond donors (Lipinski definition) is 1. The Bertz CT molecular complexity index is 719. The molecule has 1 aromatic carbocycles. The van der Waals surface area contributed by atoms with E-state index in [4.69, 9.17) is 0 Å². The predicted molar refractivity (Wildman–Crippen MR) is 114 cm³/mol. The summed E-state index contributed by atoms with van der Waals surface area (Å²) >= 11 is 0. The topological polar surface area (TPSA) is 32.3 Å². The Hall–Kier alpha value is -1.35. The highest BCUT2D eigenvalue weighted by atomic mass is 16.2. The van der Waals surface area contributed by atoms with E-state index in [0.717, 1.165) is 42.3 Å².